The molecule has 0 saturated heterocycles. The van der Waals surface area contributed by atoms with Crippen LogP contribution in [0.3, 0.4) is 0 Å². The third-order valence-corrected chi connectivity index (χ3v) is 4.16. The molecule has 106 valence electrons. The number of aliphatic hydroxyl groups excluding tert-OH is 1. The van der Waals surface area contributed by atoms with Gasteiger partial charge >= 0.3 is 0 Å². The van der Waals surface area contributed by atoms with Crippen molar-refractivity contribution in [2.45, 2.75) is 19.4 Å². The minimum absolute atomic E-state index is 0.520. The lowest BCUT2D eigenvalue weighted by molar-refractivity contribution is 0.177. The highest BCUT2D eigenvalue weighted by atomic mass is 32.1. The fourth-order valence-electron chi connectivity index (χ4n) is 2.17. The lowest BCUT2D eigenvalue weighted by Crippen LogP contribution is -2.01. The Bertz CT molecular complexity index is 724. The van der Waals surface area contributed by atoms with Crippen LogP contribution >= 0.6 is 11.3 Å². The number of rotatable bonds is 4. The van der Waals surface area contributed by atoms with Crippen molar-refractivity contribution in [1.82, 2.24) is 9.97 Å². The molecule has 3 aromatic rings. The van der Waals surface area contributed by atoms with E-state index in [1.807, 2.05) is 60.8 Å². The van der Waals surface area contributed by atoms with Crippen LogP contribution in [0.5, 0.6) is 0 Å². The SMILES string of the molecule is Cc1cccc(-c2nc(CC(O)c3ccccc3)cs2)n1. The molecule has 21 heavy (non-hydrogen) atoms. The molecule has 0 fully saturated rings. The summed E-state index contributed by atoms with van der Waals surface area (Å²) in [4.78, 5) is 9.06. The summed E-state index contributed by atoms with van der Waals surface area (Å²) >= 11 is 1.56. The molecule has 0 amide bonds. The highest BCUT2D eigenvalue weighted by Gasteiger charge is 2.12. The number of aryl methyl sites for hydroxylation is 1. The monoisotopic (exact) mass is 296 g/mol. The Morgan fingerprint density at radius 3 is 2.62 bits per heavy atom. The highest BCUT2D eigenvalue weighted by molar-refractivity contribution is 7.13. The Labute approximate surface area is 128 Å². The molecule has 2 heterocycles. The maximum Gasteiger partial charge on any atom is 0.142 e. The maximum absolute atomic E-state index is 10.2. The Kier molecular flexibility index (Phi) is 4.08. The summed E-state index contributed by atoms with van der Waals surface area (Å²) < 4.78 is 0. The summed E-state index contributed by atoms with van der Waals surface area (Å²) in [6, 6.07) is 15.6. The number of hydrogen-bond donors (Lipinski definition) is 1. The van der Waals surface area contributed by atoms with E-state index in [1.165, 1.54) is 0 Å². The molecule has 4 heteroatoms. The molecule has 0 saturated carbocycles. The number of pyridine rings is 1. The number of thiazole rings is 1. The predicted molar refractivity (Wildman–Crippen MR) is 85.2 cm³/mol. The number of aliphatic hydroxyl groups is 1. The van der Waals surface area contributed by atoms with Crippen molar-refractivity contribution in [1.29, 1.82) is 0 Å². The summed E-state index contributed by atoms with van der Waals surface area (Å²) in [6.07, 6.45) is -0.00148. The summed E-state index contributed by atoms with van der Waals surface area (Å²) in [5.41, 5.74) is 3.68. The predicted octanol–water partition coefficient (Wildman–Crippen LogP) is 3.79. The molecule has 2 aromatic heterocycles. The molecule has 1 aromatic carbocycles. The molecular weight excluding hydrogens is 280 g/mol. The zero-order valence-corrected chi connectivity index (χ0v) is 12.5. The smallest absolute Gasteiger partial charge is 0.142 e. The van der Waals surface area contributed by atoms with Crippen LogP contribution in [-0.4, -0.2) is 15.1 Å². The second kappa shape index (κ2) is 6.16. The Morgan fingerprint density at radius 1 is 1.05 bits per heavy atom. The van der Waals surface area contributed by atoms with Gasteiger partial charge in [-0.3, -0.25) is 4.98 Å². The van der Waals surface area contributed by atoms with Crippen LogP contribution in [0.1, 0.15) is 23.1 Å². The van der Waals surface area contributed by atoms with Crippen LogP contribution in [0.15, 0.2) is 53.9 Å². The first-order valence-electron chi connectivity index (χ1n) is 6.84. The quantitative estimate of drug-likeness (QED) is 0.796. The second-order valence-corrected chi connectivity index (χ2v) is 5.80. The molecule has 0 spiro atoms. The molecule has 1 unspecified atom stereocenters. The standard InChI is InChI=1S/C17H16N2OS/c1-12-6-5-9-15(18-12)17-19-14(11-21-17)10-16(20)13-7-3-2-4-8-13/h2-9,11,16,20H,10H2,1H3. The van der Waals surface area contributed by atoms with Gasteiger partial charge in [0.05, 0.1) is 17.5 Å². The lowest BCUT2D eigenvalue weighted by atomic mass is 10.1. The molecule has 3 rings (SSSR count). The molecule has 1 atom stereocenters. The fourth-order valence-corrected chi connectivity index (χ4v) is 2.97. The van der Waals surface area contributed by atoms with E-state index >= 15 is 0 Å². The molecule has 0 bridgehead atoms. The lowest BCUT2D eigenvalue weighted by Gasteiger charge is -2.08. The fraction of sp³-hybridized carbons (Fsp3) is 0.176. The Balaban J connectivity index is 1.76. The first-order valence-corrected chi connectivity index (χ1v) is 7.72. The zero-order valence-electron chi connectivity index (χ0n) is 11.7. The summed E-state index contributed by atoms with van der Waals surface area (Å²) in [5, 5.41) is 13.1. The first kappa shape index (κ1) is 13.9. The molecule has 3 nitrogen and oxygen atoms in total. The summed E-state index contributed by atoms with van der Waals surface area (Å²) in [6.45, 7) is 1.97. The summed E-state index contributed by atoms with van der Waals surface area (Å²) in [5.74, 6) is 0. The normalized spacial score (nSPS) is 12.3. The molecule has 1 N–H and O–H groups in total. The molecule has 0 aliphatic heterocycles. The third kappa shape index (κ3) is 3.35. The number of nitrogens with zero attached hydrogens (tertiary/aromatic N) is 2. The van der Waals surface area contributed by atoms with Crippen LogP contribution in [0.4, 0.5) is 0 Å². The third-order valence-electron chi connectivity index (χ3n) is 3.25. The van der Waals surface area contributed by atoms with Crippen LogP contribution in [0.25, 0.3) is 10.7 Å². The average molecular weight is 296 g/mol. The van der Waals surface area contributed by atoms with E-state index in [1.54, 1.807) is 11.3 Å². The molecular formula is C17H16N2OS. The average Bonchev–Trinajstić information content (AvgIpc) is 2.97. The van der Waals surface area contributed by atoms with E-state index < -0.39 is 6.10 Å². The number of aromatic nitrogens is 2. The Hall–Kier alpha value is -2.04. The van der Waals surface area contributed by atoms with Gasteiger partial charge in [-0.05, 0) is 24.6 Å². The van der Waals surface area contributed by atoms with Gasteiger partial charge in [-0.1, -0.05) is 36.4 Å². The van der Waals surface area contributed by atoms with Crippen LogP contribution < -0.4 is 0 Å². The minimum Gasteiger partial charge on any atom is -0.388 e. The maximum atomic E-state index is 10.2. The van der Waals surface area contributed by atoms with E-state index in [0.29, 0.717) is 6.42 Å². The van der Waals surface area contributed by atoms with Crippen molar-refractivity contribution in [3.8, 4) is 10.7 Å². The van der Waals surface area contributed by atoms with Crippen molar-refractivity contribution < 1.29 is 5.11 Å². The van der Waals surface area contributed by atoms with Crippen molar-refractivity contribution >= 4 is 11.3 Å². The first-order chi connectivity index (χ1) is 10.2. The van der Waals surface area contributed by atoms with Crippen molar-refractivity contribution in [3.05, 3.63) is 70.9 Å². The van der Waals surface area contributed by atoms with Gasteiger partial charge in [0.1, 0.15) is 5.01 Å². The zero-order chi connectivity index (χ0) is 14.7. The van der Waals surface area contributed by atoms with E-state index in [2.05, 4.69) is 9.97 Å². The largest absolute Gasteiger partial charge is 0.388 e. The number of benzene rings is 1. The van der Waals surface area contributed by atoms with Gasteiger partial charge in [-0.2, -0.15) is 0 Å². The highest BCUT2D eigenvalue weighted by Crippen LogP contribution is 2.25. The molecule has 0 aliphatic rings. The van der Waals surface area contributed by atoms with Crippen LogP contribution in [0, 0.1) is 6.92 Å². The van der Waals surface area contributed by atoms with E-state index in [-0.39, 0.29) is 0 Å². The van der Waals surface area contributed by atoms with Crippen molar-refractivity contribution in [2.75, 3.05) is 0 Å². The van der Waals surface area contributed by atoms with Gasteiger partial charge < -0.3 is 5.11 Å². The van der Waals surface area contributed by atoms with Crippen LogP contribution in [0.2, 0.25) is 0 Å². The summed E-state index contributed by atoms with van der Waals surface area (Å²) in [7, 11) is 0. The van der Waals surface area contributed by atoms with Crippen molar-refractivity contribution in [3.63, 3.8) is 0 Å². The van der Waals surface area contributed by atoms with Crippen molar-refractivity contribution in [2.24, 2.45) is 0 Å². The minimum atomic E-state index is -0.522. The molecule has 0 radical (unpaired) electrons. The second-order valence-electron chi connectivity index (χ2n) is 4.94. The number of hydrogen-bond acceptors (Lipinski definition) is 4. The van der Waals surface area contributed by atoms with Gasteiger partial charge in [0.15, 0.2) is 0 Å². The van der Waals surface area contributed by atoms with Gasteiger partial charge in [-0.25, -0.2) is 4.98 Å². The van der Waals surface area contributed by atoms with Crippen LogP contribution in [-0.2, 0) is 6.42 Å². The van der Waals surface area contributed by atoms with Gasteiger partial charge in [0, 0.05) is 17.5 Å². The van der Waals surface area contributed by atoms with Gasteiger partial charge in [-0.15, -0.1) is 11.3 Å². The van der Waals surface area contributed by atoms with E-state index in [4.69, 9.17) is 0 Å². The van der Waals surface area contributed by atoms with E-state index in [9.17, 15) is 5.11 Å². The topological polar surface area (TPSA) is 46.0 Å². The van der Waals surface area contributed by atoms with Gasteiger partial charge in [0.25, 0.3) is 0 Å². The molecule has 0 aliphatic carbocycles. The van der Waals surface area contributed by atoms with E-state index in [0.717, 1.165) is 27.7 Å². The van der Waals surface area contributed by atoms with Gasteiger partial charge in [0.2, 0.25) is 0 Å². The Morgan fingerprint density at radius 2 is 1.86 bits per heavy atom.